The highest BCUT2D eigenvalue weighted by Crippen LogP contribution is 2.38. The second-order valence-corrected chi connectivity index (χ2v) is 9.84. The first-order valence-corrected chi connectivity index (χ1v) is 11.7. The van der Waals surface area contributed by atoms with E-state index in [0.717, 1.165) is 23.5 Å². The average Bonchev–Trinajstić information content (AvgIpc) is 3.46. The molecule has 1 amide bonds. The van der Waals surface area contributed by atoms with E-state index in [-0.39, 0.29) is 27.7 Å². The number of nitrogens with zero attached hydrogens (tertiary/aromatic N) is 4. The van der Waals surface area contributed by atoms with Gasteiger partial charge in [0.15, 0.2) is 11.6 Å². The number of nitriles is 1. The van der Waals surface area contributed by atoms with Crippen LogP contribution in [0.1, 0.15) is 39.3 Å². The van der Waals surface area contributed by atoms with Gasteiger partial charge in [0.25, 0.3) is 5.91 Å². The number of anilines is 1. The van der Waals surface area contributed by atoms with Gasteiger partial charge in [0, 0.05) is 18.3 Å². The number of hydrogen-bond acceptors (Lipinski definition) is 7. The number of nitrogens with one attached hydrogen (secondary N) is 1. The van der Waals surface area contributed by atoms with E-state index in [1.54, 1.807) is 0 Å². The predicted molar refractivity (Wildman–Crippen MR) is 111 cm³/mol. The third-order valence-electron chi connectivity index (χ3n) is 4.87. The number of rotatable bonds is 5. The summed E-state index contributed by atoms with van der Waals surface area (Å²) in [5.41, 5.74) is 0.280. The number of sulfonamides is 1. The minimum Gasteiger partial charge on any atom is -0.320 e. The van der Waals surface area contributed by atoms with Crippen LogP contribution in [0, 0.1) is 23.0 Å². The van der Waals surface area contributed by atoms with Crippen molar-refractivity contribution in [2.75, 3.05) is 11.9 Å². The van der Waals surface area contributed by atoms with E-state index in [1.165, 1.54) is 34.6 Å². The summed E-state index contributed by atoms with van der Waals surface area (Å²) in [5.74, 6) is -2.81. The van der Waals surface area contributed by atoms with Crippen molar-refractivity contribution in [1.29, 1.82) is 5.26 Å². The lowest BCUT2D eigenvalue weighted by Gasteiger charge is -2.22. The highest BCUT2D eigenvalue weighted by atomic mass is 32.2. The molecule has 1 atom stereocenters. The zero-order valence-corrected chi connectivity index (χ0v) is 18.0. The van der Waals surface area contributed by atoms with Gasteiger partial charge >= 0.3 is 0 Å². The highest BCUT2D eigenvalue weighted by Gasteiger charge is 2.38. The molecule has 1 fully saturated rings. The summed E-state index contributed by atoms with van der Waals surface area (Å²) in [7, 11) is -3.89. The average molecular weight is 476 g/mol. The molecule has 0 spiro atoms. The van der Waals surface area contributed by atoms with Crippen molar-refractivity contribution in [1.82, 2.24) is 14.5 Å². The fraction of sp³-hybridized carbons (Fsp3) is 0.200. The van der Waals surface area contributed by atoms with Crippen molar-refractivity contribution >= 4 is 33.0 Å². The van der Waals surface area contributed by atoms with Crippen LogP contribution in [0.3, 0.4) is 0 Å². The van der Waals surface area contributed by atoms with Gasteiger partial charge in [0.2, 0.25) is 15.0 Å². The number of hydrogen-bond donors (Lipinski definition) is 1. The molecule has 12 heteroatoms. The maximum atomic E-state index is 13.4. The lowest BCUT2D eigenvalue weighted by molar-refractivity contribution is 0.102. The fourth-order valence-corrected chi connectivity index (χ4v) is 6.02. The second kappa shape index (κ2) is 8.70. The van der Waals surface area contributed by atoms with Gasteiger partial charge in [0.05, 0.1) is 22.6 Å². The van der Waals surface area contributed by atoms with Crippen molar-refractivity contribution in [3.8, 4) is 6.07 Å². The molecule has 1 aromatic heterocycles. The van der Waals surface area contributed by atoms with E-state index in [1.807, 2.05) is 6.07 Å². The Morgan fingerprint density at radius 1 is 1.19 bits per heavy atom. The van der Waals surface area contributed by atoms with E-state index < -0.39 is 33.6 Å². The Morgan fingerprint density at radius 2 is 2.00 bits per heavy atom. The normalized spacial score (nSPS) is 16.6. The number of aromatic nitrogens is 2. The Hall–Kier alpha value is -3.27. The molecular weight excluding hydrogens is 460 g/mol. The van der Waals surface area contributed by atoms with Crippen molar-refractivity contribution < 1.29 is 22.0 Å². The molecule has 0 unspecified atom stereocenters. The van der Waals surface area contributed by atoms with Crippen molar-refractivity contribution in [3.63, 3.8) is 0 Å². The van der Waals surface area contributed by atoms with E-state index in [9.17, 15) is 22.0 Å². The lowest BCUT2D eigenvalue weighted by Crippen LogP contribution is -2.30. The maximum absolute atomic E-state index is 13.4. The quantitative estimate of drug-likeness (QED) is 0.604. The summed E-state index contributed by atoms with van der Waals surface area (Å²) >= 11 is 0.927. The Kier molecular flexibility index (Phi) is 5.96. The minimum atomic E-state index is -3.89. The largest absolute Gasteiger partial charge is 0.320 e. The molecule has 4 rings (SSSR count). The molecule has 164 valence electrons. The van der Waals surface area contributed by atoms with Gasteiger partial charge in [-0.05, 0) is 43.2 Å². The van der Waals surface area contributed by atoms with Gasteiger partial charge in [-0.1, -0.05) is 17.4 Å². The standard InChI is InChI=1S/C20H15F2N5O3S2/c21-15-7-6-13(10-16(15)22)24-18(28)20-26-25-19(31-20)17-5-2-8-27(17)32(29,30)14-4-1-3-12(9-14)11-23/h1,3-4,6-7,9-10,17H,2,5,8H2,(H,24,28)/t17-/m0/s1. The van der Waals surface area contributed by atoms with Crippen LogP contribution in [-0.2, 0) is 10.0 Å². The smallest absolute Gasteiger partial charge is 0.286 e. The fourth-order valence-electron chi connectivity index (χ4n) is 3.36. The van der Waals surface area contributed by atoms with Crippen LogP contribution in [-0.4, -0.2) is 35.4 Å². The maximum Gasteiger partial charge on any atom is 0.286 e. The first-order chi connectivity index (χ1) is 15.3. The Balaban J connectivity index is 1.55. The van der Waals surface area contributed by atoms with Gasteiger partial charge < -0.3 is 5.32 Å². The Labute approximate surface area is 186 Å². The summed E-state index contributed by atoms with van der Waals surface area (Å²) in [4.78, 5) is 12.4. The minimum absolute atomic E-state index is 0.00395. The molecule has 0 aliphatic carbocycles. The predicted octanol–water partition coefficient (Wildman–Crippen LogP) is 3.47. The number of carbonyl (C=O) groups is 1. The van der Waals surface area contributed by atoms with Crippen molar-refractivity contribution in [2.45, 2.75) is 23.8 Å². The number of halogens is 2. The van der Waals surface area contributed by atoms with E-state index in [4.69, 9.17) is 5.26 Å². The van der Waals surface area contributed by atoms with Crippen LogP contribution in [0.15, 0.2) is 47.4 Å². The molecule has 32 heavy (non-hydrogen) atoms. The number of carbonyl (C=O) groups excluding carboxylic acids is 1. The van der Waals surface area contributed by atoms with Crippen LogP contribution in [0.4, 0.5) is 14.5 Å². The molecule has 1 saturated heterocycles. The second-order valence-electron chi connectivity index (χ2n) is 6.94. The monoisotopic (exact) mass is 475 g/mol. The van der Waals surface area contributed by atoms with Crippen LogP contribution < -0.4 is 5.32 Å². The van der Waals surface area contributed by atoms with Gasteiger partial charge in [-0.2, -0.15) is 9.57 Å². The summed E-state index contributed by atoms with van der Waals surface area (Å²) in [6, 6.07) is 10.0. The molecule has 0 radical (unpaired) electrons. The molecule has 2 heterocycles. The molecule has 3 aromatic rings. The van der Waals surface area contributed by atoms with Gasteiger partial charge in [-0.25, -0.2) is 17.2 Å². The van der Waals surface area contributed by atoms with Gasteiger partial charge in [0.1, 0.15) is 5.01 Å². The molecule has 1 N–H and O–H groups in total. The first-order valence-electron chi connectivity index (χ1n) is 9.41. The van der Waals surface area contributed by atoms with E-state index >= 15 is 0 Å². The zero-order chi connectivity index (χ0) is 22.9. The SMILES string of the molecule is N#Cc1cccc(S(=O)(=O)N2CCC[C@H]2c2nnc(C(=O)Nc3ccc(F)c(F)c3)s2)c1. The molecule has 8 nitrogen and oxygen atoms in total. The third kappa shape index (κ3) is 4.22. The lowest BCUT2D eigenvalue weighted by atomic mass is 10.2. The van der Waals surface area contributed by atoms with Crippen LogP contribution >= 0.6 is 11.3 Å². The Bertz CT molecular complexity index is 1340. The number of benzene rings is 2. The summed E-state index contributed by atoms with van der Waals surface area (Å²) in [6.45, 7) is 0.264. The van der Waals surface area contributed by atoms with Crippen LogP contribution in [0.2, 0.25) is 0 Å². The first kappa shape index (κ1) is 21.9. The van der Waals surface area contributed by atoms with Gasteiger partial charge in [-0.15, -0.1) is 10.2 Å². The van der Waals surface area contributed by atoms with Crippen LogP contribution in [0.5, 0.6) is 0 Å². The molecule has 0 bridgehead atoms. The number of amides is 1. The molecular formula is C20H15F2N5O3S2. The highest BCUT2D eigenvalue weighted by molar-refractivity contribution is 7.89. The topological polar surface area (TPSA) is 116 Å². The van der Waals surface area contributed by atoms with E-state index in [2.05, 4.69) is 15.5 Å². The van der Waals surface area contributed by atoms with Crippen molar-refractivity contribution in [2.24, 2.45) is 0 Å². The summed E-state index contributed by atoms with van der Waals surface area (Å²) in [6.07, 6.45) is 1.09. The summed E-state index contributed by atoms with van der Waals surface area (Å²) in [5, 5.41) is 19.6. The molecule has 0 saturated carbocycles. The third-order valence-corrected chi connectivity index (χ3v) is 7.80. The Morgan fingerprint density at radius 3 is 2.75 bits per heavy atom. The molecule has 1 aliphatic rings. The zero-order valence-electron chi connectivity index (χ0n) is 16.3. The molecule has 2 aromatic carbocycles. The summed E-state index contributed by atoms with van der Waals surface area (Å²) < 4.78 is 54.0. The van der Waals surface area contributed by atoms with Crippen molar-refractivity contribution in [3.05, 3.63) is 69.7 Å². The van der Waals surface area contributed by atoms with E-state index in [0.29, 0.717) is 17.8 Å². The van der Waals surface area contributed by atoms with Gasteiger partial charge in [-0.3, -0.25) is 4.79 Å². The van der Waals surface area contributed by atoms with Crippen LogP contribution in [0.25, 0.3) is 0 Å². The molecule has 1 aliphatic heterocycles.